The number of benzene rings is 1. The van der Waals surface area contributed by atoms with Crippen molar-refractivity contribution in [2.24, 2.45) is 0 Å². The SMILES string of the molecule is CCOC(=O)NC(=S)Nc1ccc(NC(=O)OC(C)C)cc1N. The Hall–Kier alpha value is -2.55. The average Bonchev–Trinajstić information content (AvgIpc) is 2.41. The summed E-state index contributed by atoms with van der Waals surface area (Å²) in [7, 11) is 0. The molecule has 0 heterocycles. The van der Waals surface area contributed by atoms with Gasteiger partial charge >= 0.3 is 12.2 Å². The van der Waals surface area contributed by atoms with Crippen LogP contribution >= 0.6 is 12.2 Å². The number of hydrogen-bond acceptors (Lipinski definition) is 6. The topological polar surface area (TPSA) is 115 Å². The smallest absolute Gasteiger partial charge is 0.413 e. The van der Waals surface area contributed by atoms with Gasteiger partial charge < -0.3 is 20.5 Å². The van der Waals surface area contributed by atoms with Crippen LogP contribution in [-0.4, -0.2) is 30.0 Å². The van der Waals surface area contributed by atoms with E-state index in [0.717, 1.165) is 0 Å². The number of nitrogens with one attached hydrogen (secondary N) is 3. The minimum Gasteiger partial charge on any atom is -0.450 e. The summed E-state index contributed by atoms with van der Waals surface area (Å²) in [4.78, 5) is 22.7. The summed E-state index contributed by atoms with van der Waals surface area (Å²) in [6.07, 6.45) is -1.45. The first-order valence-electron chi connectivity index (χ1n) is 6.93. The molecule has 0 aliphatic rings. The van der Waals surface area contributed by atoms with Gasteiger partial charge in [0.2, 0.25) is 0 Å². The van der Waals surface area contributed by atoms with Crippen molar-refractivity contribution >= 4 is 46.6 Å². The van der Waals surface area contributed by atoms with Gasteiger partial charge in [0.1, 0.15) is 0 Å². The molecular weight excluding hydrogens is 320 g/mol. The highest BCUT2D eigenvalue weighted by Gasteiger charge is 2.09. The molecule has 1 aromatic rings. The molecule has 0 saturated carbocycles. The fourth-order valence-corrected chi connectivity index (χ4v) is 1.72. The van der Waals surface area contributed by atoms with Crippen LogP contribution in [0.4, 0.5) is 26.7 Å². The molecule has 0 unspecified atom stereocenters. The largest absolute Gasteiger partial charge is 0.450 e. The molecule has 0 bridgehead atoms. The molecule has 0 radical (unpaired) electrons. The van der Waals surface area contributed by atoms with Crippen molar-refractivity contribution in [3.63, 3.8) is 0 Å². The predicted molar refractivity (Wildman–Crippen MR) is 92.5 cm³/mol. The van der Waals surface area contributed by atoms with Gasteiger partial charge in [0.25, 0.3) is 0 Å². The molecule has 0 spiro atoms. The van der Waals surface area contributed by atoms with E-state index < -0.39 is 12.2 Å². The third-order valence-electron chi connectivity index (χ3n) is 2.38. The first kappa shape index (κ1) is 18.5. The fourth-order valence-electron chi connectivity index (χ4n) is 1.53. The first-order valence-corrected chi connectivity index (χ1v) is 7.34. The molecular formula is C14H20N4O4S. The highest BCUT2D eigenvalue weighted by Crippen LogP contribution is 2.23. The number of carbonyl (C=O) groups is 2. The molecule has 0 aromatic heterocycles. The van der Waals surface area contributed by atoms with Gasteiger partial charge in [-0.3, -0.25) is 10.6 Å². The molecule has 0 atom stereocenters. The lowest BCUT2D eigenvalue weighted by molar-refractivity contribution is 0.130. The maximum atomic E-state index is 11.5. The molecule has 126 valence electrons. The third kappa shape index (κ3) is 6.83. The Balaban J connectivity index is 2.64. The lowest BCUT2D eigenvalue weighted by Gasteiger charge is -2.13. The van der Waals surface area contributed by atoms with E-state index in [-0.39, 0.29) is 17.8 Å². The minimum absolute atomic E-state index is 0.0510. The Bertz CT molecular complexity index is 592. The Morgan fingerprint density at radius 2 is 1.96 bits per heavy atom. The summed E-state index contributed by atoms with van der Waals surface area (Å²) in [5.74, 6) is 0. The van der Waals surface area contributed by atoms with Gasteiger partial charge in [0, 0.05) is 5.69 Å². The zero-order valence-electron chi connectivity index (χ0n) is 13.1. The van der Waals surface area contributed by atoms with Crippen molar-refractivity contribution in [2.75, 3.05) is 23.0 Å². The number of nitrogens with two attached hydrogens (primary N) is 1. The summed E-state index contributed by atoms with van der Waals surface area (Å²) >= 11 is 4.97. The van der Waals surface area contributed by atoms with Crippen LogP contribution in [0.25, 0.3) is 0 Å². The van der Waals surface area contributed by atoms with Gasteiger partial charge in [-0.05, 0) is 51.2 Å². The van der Waals surface area contributed by atoms with Crippen LogP contribution in [0.15, 0.2) is 18.2 Å². The number of rotatable bonds is 4. The molecule has 23 heavy (non-hydrogen) atoms. The predicted octanol–water partition coefficient (Wildman–Crippen LogP) is 2.67. The van der Waals surface area contributed by atoms with E-state index in [9.17, 15) is 9.59 Å². The molecule has 2 amide bonds. The van der Waals surface area contributed by atoms with E-state index in [0.29, 0.717) is 17.1 Å². The molecule has 0 saturated heterocycles. The lowest BCUT2D eigenvalue weighted by atomic mass is 10.2. The first-order chi connectivity index (χ1) is 10.8. The second kappa shape index (κ2) is 8.79. The van der Waals surface area contributed by atoms with Gasteiger partial charge in [-0.15, -0.1) is 0 Å². The Labute approximate surface area is 139 Å². The summed E-state index contributed by atoms with van der Waals surface area (Å²) in [5, 5.41) is 7.70. The number of amides is 2. The van der Waals surface area contributed by atoms with Crippen molar-refractivity contribution in [1.29, 1.82) is 0 Å². The van der Waals surface area contributed by atoms with E-state index in [4.69, 9.17) is 27.4 Å². The van der Waals surface area contributed by atoms with E-state index in [2.05, 4.69) is 16.0 Å². The minimum atomic E-state index is -0.654. The van der Waals surface area contributed by atoms with Crippen molar-refractivity contribution in [3.05, 3.63) is 18.2 Å². The van der Waals surface area contributed by atoms with Crippen LogP contribution < -0.4 is 21.7 Å². The van der Waals surface area contributed by atoms with Crippen molar-refractivity contribution in [1.82, 2.24) is 5.32 Å². The Kier molecular flexibility index (Phi) is 7.07. The number of hydrogen-bond donors (Lipinski definition) is 4. The highest BCUT2D eigenvalue weighted by atomic mass is 32.1. The molecule has 1 rings (SSSR count). The van der Waals surface area contributed by atoms with E-state index >= 15 is 0 Å². The number of nitrogen functional groups attached to an aromatic ring is 1. The van der Waals surface area contributed by atoms with Gasteiger partial charge in [-0.1, -0.05) is 0 Å². The normalized spacial score (nSPS) is 9.91. The van der Waals surface area contributed by atoms with Crippen LogP contribution in [0.3, 0.4) is 0 Å². The third-order valence-corrected chi connectivity index (χ3v) is 2.58. The number of anilines is 3. The number of thiocarbonyl (C=S) groups is 1. The Morgan fingerprint density at radius 3 is 2.52 bits per heavy atom. The summed E-state index contributed by atoms with van der Waals surface area (Å²) in [6.45, 7) is 5.42. The van der Waals surface area contributed by atoms with Crippen LogP contribution in [-0.2, 0) is 9.47 Å². The second-order valence-corrected chi connectivity index (χ2v) is 5.09. The molecule has 5 N–H and O–H groups in total. The van der Waals surface area contributed by atoms with Crippen LogP contribution in [0.2, 0.25) is 0 Å². The summed E-state index contributed by atoms with van der Waals surface area (Å²) in [6, 6.07) is 4.77. The Morgan fingerprint density at radius 1 is 1.26 bits per heavy atom. The van der Waals surface area contributed by atoms with Crippen molar-refractivity contribution < 1.29 is 19.1 Å². The van der Waals surface area contributed by atoms with E-state index in [1.807, 2.05) is 0 Å². The molecule has 1 aromatic carbocycles. The number of carbonyl (C=O) groups excluding carboxylic acids is 2. The quantitative estimate of drug-likeness (QED) is 0.492. The average molecular weight is 340 g/mol. The lowest BCUT2D eigenvalue weighted by Crippen LogP contribution is -2.34. The van der Waals surface area contributed by atoms with Crippen LogP contribution in [0, 0.1) is 0 Å². The maximum absolute atomic E-state index is 11.5. The van der Waals surface area contributed by atoms with Gasteiger partial charge in [0.15, 0.2) is 5.11 Å². The monoisotopic (exact) mass is 340 g/mol. The van der Waals surface area contributed by atoms with Gasteiger partial charge in [-0.25, -0.2) is 9.59 Å². The summed E-state index contributed by atoms with van der Waals surface area (Å²) < 4.78 is 9.67. The zero-order valence-corrected chi connectivity index (χ0v) is 14.0. The van der Waals surface area contributed by atoms with Crippen LogP contribution in [0.1, 0.15) is 20.8 Å². The van der Waals surface area contributed by atoms with Gasteiger partial charge in [0.05, 0.1) is 24.1 Å². The van der Waals surface area contributed by atoms with E-state index in [1.54, 1.807) is 32.9 Å². The fraction of sp³-hybridized carbons (Fsp3) is 0.357. The molecule has 8 nitrogen and oxygen atoms in total. The molecule has 9 heteroatoms. The zero-order chi connectivity index (χ0) is 17.4. The summed E-state index contributed by atoms with van der Waals surface area (Å²) in [5.41, 5.74) is 7.17. The molecule has 0 aliphatic heterocycles. The van der Waals surface area contributed by atoms with Gasteiger partial charge in [-0.2, -0.15) is 0 Å². The molecule has 0 fully saturated rings. The van der Waals surface area contributed by atoms with E-state index in [1.165, 1.54) is 6.07 Å². The molecule has 0 aliphatic carbocycles. The second-order valence-electron chi connectivity index (χ2n) is 4.68. The van der Waals surface area contributed by atoms with Crippen molar-refractivity contribution in [2.45, 2.75) is 26.9 Å². The van der Waals surface area contributed by atoms with Crippen molar-refractivity contribution in [3.8, 4) is 0 Å². The number of alkyl carbamates (subject to hydrolysis) is 1. The number of ether oxygens (including phenoxy) is 2. The highest BCUT2D eigenvalue weighted by molar-refractivity contribution is 7.80. The maximum Gasteiger partial charge on any atom is 0.413 e. The van der Waals surface area contributed by atoms with Crippen LogP contribution in [0.5, 0.6) is 0 Å². The standard InChI is InChI=1S/C14H20N4O4S/c1-4-21-13(19)18-12(23)17-11-6-5-9(7-10(11)15)16-14(20)22-8(2)3/h5-8H,4,15H2,1-3H3,(H,16,20)(H2,17,18,19,23).